The molecule has 0 amide bonds. The fraction of sp³-hybridized carbons (Fsp3) is 0.611. The van der Waals surface area contributed by atoms with Crippen molar-refractivity contribution in [3.8, 4) is 11.5 Å². The van der Waals surface area contributed by atoms with E-state index in [1.807, 2.05) is 6.07 Å². The van der Waals surface area contributed by atoms with E-state index in [0.29, 0.717) is 18.4 Å². The first-order valence-electron chi connectivity index (χ1n) is 8.27. The van der Waals surface area contributed by atoms with E-state index < -0.39 is 0 Å². The minimum Gasteiger partial charge on any atom is -0.493 e. The summed E-state index contributed by atoms with van der Waals surface area (Å²) in [7, 11) is 3.91. The highest BCUT2D eigenvalue weighted by atomic mass is 16.5. The van der Waals surface area contributed by atoms with E-state index in [2.05, 4.69) is 18.0 Å². The van der Waals surface area contributed by atoms with Crippen LogP contribution >= 0.6 is 0 Å². The zero-order valence-electron chi connectivity index (χ0n) is 13.1. The van der Waals surface area contributed by atoms with Crippen molar-refractivity contribution in [3.05, 3.63) is 23.3 Å². The van der Waals surface area contributed by atoms with Crippen LogP contribution < -0.4 is 9.47 Å². The summed E-state index contributed by atoms with van der Waals surface area (Å²) in [5.74, 6) is 2.46. The number of ether oxygens (including phenoxy) is 2. The third kappa shape index (κ3) is 1.27. The van der Waals surface area contributed by atoms with Gasteiger partial charge in [0.15, 0.2) is 23.4 Å². The molecule has 4 aliphatic rings. The van der Waals surface area contributed by atoms with Crippen LogP contribution in [0.1, 0.15) is 30.4 Å². The summed E-state index contributed by atoms with van der Waals surface area (Å²) in [5.41, 5.74) is 2.57. The van der Waals surface area contributed by atoms with Gasteiger partial charge in [-0.2, -0.15) is 0 Å². The van der Waals surface area contributed by atoms with E-state index >= 15 is 0 Å². The van der Waals surface area contributed by atoms with Gasteiger partial charge >= 0.3 is 0 Å². The molecule has 4 heteroatoms. The zero-order chi connectivity index (χ0) is 15.1. The van der Waals surface area contributed by atoms with Crippen LogP contribution in [0.4, 0.5) is 0 Å². The fourth-order valence-electron chi connectivity index (χ4n) is 5.67. The molecular formula is C18H21NO3. The highest BCUT2D eigenvalue weighted by molar-refractivity contribution is 5.89. The molecule has 1 aromatic carbocycles. The Morgan fingerprint density at radius 3 is 3.09 bits per heavy atom. The maximum Gasteiger partial charge on any atom is 0.174 e. The van der Waals surface area contributed by atoms with Crippen LogP contribution in [-0.4, -0.2) is 43.5 Å². The molecule has 2 aliphatic heterocycles. The lowest BCUT2D eigenvalue weighted by Crippen LogP contribution is -2.65. The van der Waals surface area contributed by atoms with Gasteiger partial charge in [0, 0.05) is 23.4 Å². The molecule has 22 heavy (non-hydrogen) atoms. The Labute approximate surface area is 130 Å². The predicted octanol–water partition coefficient (Wildman–Crippen LogP) is 1.93. The van der Waals surface area contributed by atoms with Gasteiger partial charge in [0.25, 0.3) is 0 Å². The summed E-state index contributed by atoms with van der Waals surface area (Å²) in [6.45, 7) is 1.05. The Morgan fingerprint density at radius 2 is 2.27 bits per heavy atom. The van der Waals surface area contributed by atoms with Crippen LogP contribution in [0.3, 0.4) is 0 Å². The molecule has 0 radical (unpaired) electrons. The molecule has 2 aliphatic carbocycles. The van der Waals surface area contributed by atoms with Gasteiger partial charge in [-0.05, 0) is 50.4 Å². The van der Waals surface area contributed by atoms with Crippen molar-refractivity contribution in [2.75, 3.05) is 20.7 Å². The Bertz CT molecular complexity index is 685. The minimum atomic E-state index is -0.284. The van der Waals surface area contributed by atoms with Crippen molar-refractivity contribution in [3.63, 3.8) is 0 Å². The number of benzene rings is 1. The van der Waals surface area contributed by atoms with Gasteiger partial charge in [-0.15, -0.1) is 0 Å². The van der Waals surface area contributed by atoms with E-state index in [0.717, 1.165) is 37.3 Å². The molecule has 2 bridgehead atoms. The second kappa shape index (κ2) is 4.05. The number of hydrogen-bond acceptors (Lipinski definition) is 4. The summed E-state index contributed by atoms with van der Waals surface area (Å²) in [5, 5.41) is 0. The summed E-state index contributed by atoms with van der Waals surface area (Å²) in [6.07, 6.45) is 3.47. The predicted molar refractivity (Wildman–Crippen MR) is 81.6 cm³/mol. The highest BCUT2D eigenvalue weighted by Crippen LogP contribution is 2.62. The minimum absolute atomic E-state index is 0.0933. The normalized spacial score (nSPS) is 38.5. The summed E-state index contributed by atoms with van der Waals surface area (Å²) in [4.78, 5) is 15.1. The molecule has 1 spiro atoms. The van der Waals surface area contributed by atoms with E-state index in [1.165, 1.54) is 11.1 Å². The van der Waals surface area contributed by atoms with E-state index in [9.17, 15) is 4.79 Å². The number of carbonyl (C=O) groups excluding carboxylic acids is 1. The topological polar surface area (TPSA) is 38.8 Å². The average Bonchev–Trinajstić information content (AvgIpc) is 2.88. The fourth-order valence-corrected chi connectivity index (χ4v) is 5.67. The SMILES string of the molecule is COc1ccc2c3c1O[C@@H]1C(=O)CC[C@@H]4[C@@H](C2)N(C)CC[C@]314. The second-order valence-corrected chi connectivity index (χ2v) is 7.28. The molecule has 116 valence electrons. The van der Waals surface area contributed by atoms with Crippen LogP contribution in [-0.2, 0) is 16.6 Å². The molecule has 5 rings (SSSR count). The lowest BCUT2D eigenvalue weighted by molar-refractivity contribution is -0.138. The smallest absolute Gasteiger partial charge is 0.174 e. The first kappa shape index (κ1) is 12.9. The summed E-state index contributed by atoms with van der Waals surface area (Å²) >= 11 is 0. The van der Waals surface area contributed by atoms with Gasteiger partial charge in [0.05, 0.1) is 7.11 Å². The number of methoxy groups -OCH3 is 1. The van der Waals surface area contributed by atoms with Crippen LogP contribution in [0.2, 0.25) is 0 Å². The Morgan fingerprint density at radius 1 is 1.41 bits per heavy atom. The molecule has 2 heterocycles. The number of likely N-dealkylation sites (tertiary alicyclic amines) is 1. The van der Waals surface area contributed by atoms with Crippen molar-refractivity contribution in [2.24, 2.45) is 5.92 Å². The van der Waals surface area contributed by atoms with Crippen molar-refractivity contribution in [1.29, 1.82) is 0 Å². The first-order chi connectivity index (χ1) is 10.7. The van der Waals surface area contributed by atoms with Crippen LogP contribution in [0.15, 0.2) is 12.1 Å². The van der Waals surface area contributed by atoms with Crippen LogP contribution in [0, 0.1) is 5.92 Å². The molecular weight excluding hydrogens is 278 g/mol. The summed E-state index contributed by atoms with van der Waals surface area (Å²) in [6, 6.07) is 4.73. The van der Waals surface area contributed by atoms with E-state index in [1.54, 1.807) is 7.11 Å². The third-order valence-electron chi connectivity index (χ3n) is 6.59. The lowest BCUT2D eigenvalue weighted by atomic mass is 9.52. The number of nitrogens with zero attached hydrogens (tertiary/aromatic N) is 1. The molecule has 0 unspecified atom stereocenters. The average molecular weight is 299 g/mol. The van der Waals surface area contributed by atoms with Gasteiger partial charge in [0.1, 0.15) is 0 Å². The van der Waals surface area contributed by atoms with Gasteiger partial charge in [0.2, 0.25) is 0 Å². The third-order valence-corrected chi connectivity index (χ3v) is 6.59. The Hall–Kier alpha value is -1.55. The van der Waals surface area contributed by atoms with Crippen molar-refractivity contribution in [1.82, 2.24) is 4.90 Å². The van der Waals surface area contributed by atoms with Gasteiger partial charge in [-0.25, -0.2) is 0 Å². The number of Topliss-reactive ketones (excluding diaryl/α,β-unsaturated/α-hetero) is 1. The molecule has 0 N–H and O–H groups in total. The largest absolute Gasteiger partial charge is 0.493 e. The number of likely N-dealkylation sites (N-methyl/N-ethyl adjacent to an activating group) is 1. The summed E-state index contributed by atoms with van der Waals surface area (Å²) < 4.78 is 11.8. The zero-order valence-corrected chi connectivity index (χ0v) is 13.1. The van der Waals surface area contributed by atoms with Gasteiger partial charge in [-0.1, -0.05) is 6.07 Å². The number of piperidine rings is 1. The second-order valence-electron chi connectivity index (χ2n) is 7.28. The van der Waals surface area contributed by atoms with E-state index in [4.69, 9.17) is 9.47 Å². The van der Waals surface area contributed by atoms with Crippen molar-refractivity contribution in [2.45, 2.75) is 43.2 Å². The molecule has 1 saturated carbocycles. The molecule has 1 saturated heterocycles. The molecule has 1 aromatic rings. The molecule has 2 fully saturated rings. The quantitative estimate of drug-likeness (QED) is 0.794. The first-order valence-corrected chi connectivity index (χ1v) is 8.27. The number of carbonyl (C=O) groups is 1. The van der Waals surface area contributed by atoms with Crippen molar-refractivity contribution >= 4 is 5.78 Å². The monoisotopic (exact) mass is 299 g/mol. The Kier molecular flexibility index (Phi) is 2.38. The van der Waals surface area contributed by atoms with Crippen LogP contribution in [0.5, 0.6) is 11.5 Å². The Balaban J connectivity index is 1.81. The van der Waals surface area contributed by atoms with Crippen molar-refractivity contribution < 1.29 is 14.3 Å². The molecule has 0 aromatic heterocycles. The highest BCUT2D eigenvalue weighted by Gasteiger charge is 2.65. The number of hydrogen-bond donors (Lipinski definition) is 0. The molecule has 4 nitrogen and oxygen atoms in total. The number of ketones is 1. The number of rotatable bonds is 1. The van der Waals surface area contributed by atoms with Gasteiger partial charge in [-0.3, -0.25) is 4.79 Å². The maximum absolute atomic E-state index is 12.6. The maximum atomic E-state index is 12.6. The van der Waals surface area contributed by atoms with E-state index in [-0.39, 0.29) is 17.3 Å². The van der Waals surface area contributed by atoms with Crippen LogP contribution in [0.25, 0.3) is 0 Å². The van der Waals surface area contributed by atoms with Gasteiger partial charge < -0.3 is 14.4 Å². The molecule has 4 atom stereocenters. The lowest BCUT2D eigenvalue weighted by Gasteiger charge is -2.57. The standard InChI is InChI=1S/C18H21NO3/c1-19-8-7-18-11-4-5-13(20)17(18)22-16-14(21-2)6-3-10(15(16)18)9-12(11)19/h3,6,11-12,17H,4-5,7-9H2,1-2H3/t11-,12-,17-,18+/m1/s1.